The van der Waals surface area contributed by atoms with Crippen LogP contribution in [-0.2, 0) is 23.7 Å². The standard InChI is InChI=1S/C12H23NO6/c1-4-5-10(11(14)18-8-6-16-2)13-12(15)19-9-7-17-3/h10H,4-9H2,1-3H3,(H,13,15). The zero-order valence-electron chi connectivity index (χ0n) is 11.8. The van der Waals surface area contributed by atoms with E-state index in [1.165, 1.54) is 14.2 Å². The third-order valence-corrected chi connectivity index (χ3v) is 2.21. The minimum absolute atomic E-state index is 0.139. The first-order valence-electron chi connectivity index (χ1n) is 6.23. The number of rotatable bonds is 10. The van der Waals surface area contributed by atoms with Crippen LogP contribution < -0.4 is 5.32 Å². The molecule has 0 fully saturated rings. The van der Waals surface area contributed by atoms with Gasteiger partial charge in [-0.1, -0.05) is 13.3 Å². The molecule has 0 bridgehead atoms. The van der Waals surface area contributed by atoms with Crippen LogP contribution in [-0.4, -0.2) is 58.8 Å². The third-order valence-electron chi connectivity index (χ3n) is 2.21. The van der Waals surface area contributed by atoms with Gasteiger partial charge in [0.15, 0.2) is 0 Å². The first-order chi connectivity index (χ1) is 9.15. The number of hydrogen-bond acceptors (Lipinski definition) is 6. The summed E-state index contributed by atoms with van der Waals surface area (Å²) in [6, 6.07) is -0.697. The van der Waals surface area contributed by atoms with Crippen molar-refractivity contribution in [2.45, 2.75) is 25.8 Å². The molecule has 0 aromatic rings. The fourth-order valence-corrected chi connectivity index (χ4v) is 1.27. The van der Waals surface area contributed by atoms with Gasteiger partial charge in [0, 0.05) is 14.2 Å². The zero-order chi connectivity index (χ0) is 14.5. The Bertz CT molecular complexity index is 259. The van der Waals surface area contributed by atoms with Gasteiger partial charge >= 0.3 is 12.1 Å². The van der Waals surface area contributed by atoms with Crippen LogP contribution in [0.3, 0.4) is 0 Å². The smallest absolute Gasteiger partial charge is 0.407 e. The third kappa shape index (κ3) is 9.26. The molecule has 7 nitrogen and oxygen atoms in total. The van der Waals surface area contributed by atoms with E-state index < -0.39 is 18.1 Å². The van der Waals surface area contributed by atoms with Crippen molar-refractivity contribution in [3.8, 4) is 0 Å². The molecule has 0 heterocycles. The van der Waals surface area contributed by atoms with Crippen molar-refractivity contribution >= 4 is 12.1 Å². The van der Waals surface area contributed by atoms with E-state index in [-0.39, 0.29) is 13.2 Å². The molecule has 7 heteroatoms. The van der Waals surface area contributed by atoms with E-state index in [4.69, 9.17) is 18.9 Å². The Morgan fingerprint density at radius 3 is 2.11 bits per heavy atom. The summed E-state index contributed by atoms with van der Waals surface area (Å²) in [4.78, 5) is 23.1. The van der Waals surface area contributed by atoms with Crippen molar-refractivity contribution in [3.05, 3.63) is 0 Å². The van der Waals surface area contributed by atoms with Gasteiger partial charge in [0.2, 0.25) is 0 Å². The van der Waals surface area contributed by atoms with Gasteiger partial charge in [-0.25, -0.2) is 9.59 Å². The van der Waals surface area contributed by atoms with Crippen LogP contribution in [0.1, 0.15) is 19.8 Å². The highest BCUT2D eigenvalue weighted by Crippen LogP contribution is 2.00. The van der Waals surface area contributed by atoms with Gasteiger partial charge in [0.25, 0.3) is 0 Å². The molecule has 0 rings (SSSR count). The SMILES string of the molecule is CCCC(NC(=O)OCCOC)C(=O)OCCOC. The molecule has 1 amide bonds. The Hall–Kier alpha value is -1.34. The van der Waals surface area contributed by atoms with Crippen molar-refractivity contribution < 1.29 is 28.5 Å². The monoisotopic (exact) mass is 277 g/mol. The molecule has 0 radical (unpaired) electrons. The van der Waals surface area contributed by atoms with E-state index in [1.807, 2.05) is 6.92 Å². The summed E-state index contributed by atoms with van der Waals surface area (Å²) in [6.07, 6.45) is 0.576. The second-order valence-electron chi connectivity index (χ2n) is 3.77. The van der Waals surface area contributed by atoms with Crippen molar-refractivity contribution in [1.29, 1.82) is 0 Å². The Kier molecular flexibility index (Phi) is 10.9. The summed E-state index contributed by atoms with van der Waals surface area (Å²) in [5.74, 6) is -0.484. The summed E-state index contributed by atoms with van der Waals surface area (Å²) < 4.78 is 19.3. The van der Waals surface area contributed by atoms with E-state index in [9.17, 15) is 9.59 Å². The van der Waals surface area contributed by atoms with E-state index in [0.29, 0.717) is 19.6 Å². The topological polar surface area (TPSA) is 83.1 Å². The fourth-order valence-electron chi connectivity index (χ4n) is 1.27. The van der Waals surface area contributed by atoms with Crippen LogP contribution in [0.2, 0.25) is 0 Å². The fraction of sp³-hybridized carbons (Fsp3) is 0.833. The lowest BCUT2D eigenvalue weighted by Gasteiger charge is -2.16. The normalized spacial score (nSPS) is 11.7. The first-order valence-corrected chi connectivity index (χ1v) is 6.23. The van der Waals surface area contributed by atoms with Crippen molar-refractivity contribution in [1.82, 2.24) is 5.32 Å². The number of esters is 1. The lowest BCUT2D eigenvalue weighted by Crippen LogP contribution is -2.42. The number of methoxy groups -OCH3 is 2. The van der Waals surface area contributed by atoms with E-state index in [0.717, 1.165) is 6.42 Å². The van der Waals surface area contributed by atoms with Crippen LogP contribution >= 0.6 is 0 Å². The van der Waals surface area contributed by atoms with Gasteiger partial charge in [-0.15, -0.1) is 0 Å². The van der Waals surface area contributed by atoms with Crippen LogP contribution in [0.25, 0.3) is 0 Å². The molecule has 0 aliphatic rings. The number of hydrogen-bond donors (Lipinski definition) is 1. The molecule has 0 spiro atoms. The number of carbonyl (C=O) groups excluding carboxylic acids is 2. The largest absolute Gasteiger partial charge is 0.462 e. The van der Waals surface area contributed by atoms with Crippen molar-refractivity contribution in [2.24, 2.45) is 0 Å². The molecule has 0 aliphatic heterocycles. The van der Waals surface area contributed by atoms with Gasteiger partial charge in [0.1, 0.15) is 19.3 Å². The van der Waals surface area contributed by atoms with Crippen molar-refractivity contribution in [3.63, 3.8) is 0 Å². The number of carbonyl (C=O) groups is 2. The summed E-state index contributed by atoms with van der Waals surface area (Å²) in [6.45, 7) is 2.84. The quantitative estimate of drug-likeness (QED) is 0.468. The molecule has 0 saturated carbocycles. The lowest BCUT2D eigenvalue weighted by atomic mass is 10.2. The molecule has 1 atom stereocenters. The Morgan fingerprint density at radius 2 is 1.58 bits per heavy atom. The molecular weight excluding hydrogens is 254 g/mol. The summed E-state index contributed by atoms with van der Waals surface area (Å²) in [7, 11) is 3.02. The second-order valence-corrected chi connectivity index (χ2v) is 3.77. The molecule has 1 N–H and O–H groups in total. The average molecular weight is 277 g/mol. The summed E-state index contributed by atoms with van der Waals surface area (Å²) >= 11 is 0. The number of amides is 1. The highest BCUT2D eigenvalue weighted by molar-refractivity contribution is 5.81. The lowest BCUT2D eigenvalue weighted by molar-refractivity contribution is -0.147. The predicted octanol–water partition coefficient (Wildman–Crippen LogP) is 0.717. The van der Waals surface area contributed by atoms with E-state index >= 15 is 0 Å². The molecule has 0 aromatic heterocycles. The number of nitrogens with one attached hydrogen (secondary N) is 1. The summed E-state index contributed by atoms with van der Waals surface area (Å²) in [5.41, 5.74) is 0. The highest BCUT2D eigenvalue weighted by Gasteiger charge is 2.21. The zero-order valence-corrected chi connectivity index (χ0v) is 11.8. The Morgan fingerprint density at radius 1 is 1.00 bits per heavy atom. The van der Waals surface area contributed by atoms with Gasteiger partial charge in [-0.2, -0.15) is 0 Å². The molecule has 1 unspecified atom stereocenters. The maximum Gasteiger partial charge on any atom is 0.407 e. The van der Waals surface area contributed by atoms with Crippen LogP contribution in [0.4, 0.5) is 4.79 Å². The minimum atomic E-state index is -0.697. The van der Waals surface area contributed by atoms with Crippen LogP contribution in [0.15, 0.2) is 0 Å². The number of ether oxygens (including phenoxy) is 4. The van der Waals surface area contributed by atoms with Crippen LogP contribution in [0, 0.1) is 0 Å². The second kappa shape index (κ2) is 11.7. The number of alkyl carbamates (subject to hydrolysis) is 1. The molecule has 0 aromatic carbocycles. The first kappa shape index (κ1) is 17.7. The van der Waals surface area contributed by atoms with Crippen molar-refractivity contribution in [2.75, 3.05) is 40.6 Å². The van der Waals surface area contributed by atoms with E-state index in [1.54, 1.807) is 0 Å². The molecular formula is C12H23NO6. The maximum absolute atomic E-state index is 11.7. The Balaban J connectivity index is 4.08. The average Bonchev–Trinajstić information content (AvgIpc) is 2.38. The predicted molar refractivity (Wildman–Crippen MR) is 67.9 cm³/mol. The van der Waals surface area contributed by atoms with Gasteiger partial charge in [0.05, 0.1) is 13.2 Å². The van der Waals surface area contributed by atoms with Gasteiger partial charge in [-0.3, -0.25) is 0 Å². The van der Waals surface area contributed by atoms with Gasteiger partial charge in [-0.05, 0) is 6.42 Å². The molecule has 0 aliphatic carbocycles. The van der Waals surface area contributed by atoms with Crippen LogP contribution in [0.5, 0.6) is 0 Å². The minimum Gasteiger partial charge on any atom is -0.462 e. The van der Waals surface area contributed by atoms with E-state index in [2.05, 4.69) is 5.32 Å². The Labute approximate surface area is 113 Å². The molecule has 0 saturated heterocycles. The molecule has 19 heavy (non-hydrogen) atoms. The molecule has 112 valence electrons. The van der Waals surface area contributed by atoms with Gasteiger partial charge < -0.3 is 24.3 Å². The maximum atomic E-state index is 11.7. The highest BCUT2D eigenvalue weighted by atomic mass is 16.6. The summed E-state index contributed by atoms with van der Waals surface area (Å²) in [5, 5.41) is 2.47.